The first-order valence-corrected chi connectivity index (χ1v) is 7.61. The molecule has 4 rings (SSSR count). The van der Waals surface area contributed by atoms with Crippen molar-refractivity contribution in [1.29, 1.82) is 0 Å². The number of aromatic nitrogens is 4. The van der Waals surface area contributed by atoms with Crippen LogP contribution in [0.3, 0.4) is 0 Å². The Morgan fingerprint density at radius 3 is 2.95 bits per heavy atom. The summed E-state index contributed by atoms with van der Waals surface area (Å²) < 4.78 is 0. The van der Waals surface area contributed by atoms with Gasteiger partial charge in [-0.3, -0.25) is 10.1 Å². The van der Waals surface area contributed by atoms with Gasteiger partial charge in [0.15, 0.2) is 0 Å². The summed E-state index contributed by atoms with van der Waals surface area (Å²) in [6, 6.07) is 5.80. The van der Waals surface area contributed by atoms with Gasteiger partial charge < -0.3 is 4.98 Å². The fraction of sp³-hybridized carbons (Fsp3) is 0.312. The van der Waals surface area contributed by atoms with Gasteiger partial charge in [0, 0.05) is 22.2 Å². The van der Waals surface area contributed by atoms with Gasteiger partial charge >= 0.3 is 0 Å². The van der Waals surface area contributed by atoms with Crippen LogP contribution in [0.15, 0.2) is 24.5 Å². The van der Waals surface area contributed by atoms with E-state index in [-0.39, 0.29) is 5.91 Å². The number of amides is 1. The summed E-state index contributed by atoms with van der Waals surface area (Å²) in [6.45, 7) is 0. The highest BCUT2D eigenvalue weighted by atomic mass is 16.1. The zero-order valence-electron chi connectivity index (χ0n) is 12.1. The maximum atomic E-state index is 12.3. The topological polar surface area (TPSA) is 86.5 Å². The Morgan fingerprint density at radius 2 is 2.09 bits per heavy atom. The number of hydrogen-bond acceptors (Lipinski definition) is 3. The number of carbonyl (C=O) groups is 1. The Kier molecular flexibility index (Phi) is 3.14. The molecule has 0 spiro atoms. The van der Waals surface area contributed by atoms with Gasteiger partial charge in [-0.25, -0.2) is 5.10 Å². The maximum Gasteiger partial charge on any atom is 0.258 e. The summed E-state index contributed by atoms with van der Waals surface area (Å²) in [7, 11) is 0. The number of carbonyl (C=O) groups excluding carboxylic acids is 1. The average molecular weight is 295 g/mol. The minimum absolute atomic E-state index is 0.178. The Bertz CT molecular complexity index is 819. The van der Waals surface area contributed by atoms with Crippen LogP contribution in [-0.2, 0) is 12.8 Å². The van der Waals surface area contributed by atoms with Gasteiger partial charge in [-0.1, -0.05) is 6.42 Å². The fourth-order valence-electron chi connectivity index (χ4n) is 3.17. The predicted molar refractivity (Wildman–Crippen MR) is 83.9 cm³/mol. The first-order chi connectivity index (χ1) is 10.8. The lowest BCUT2D eigenvalue weighted by Gasteiger charge is -2.03. The van der Waals surface area contributed by atoms with E-state index >= 15 is 0 Å². The van der Waals surface area contributed by atoms with Crippen LogP contribution in [0, 0.1) is 0 Å². The number of nitrogens with zero attached hydrogens (tertiary/aromatic N) is 2. The molecule has 0 unspecified atom stereocenters. The van der Waals surface area contributed by atoms with Crippen molar-refractivity contribution in [2.24, 2.45) is 0 Å². The molecule has 1 aromatic carbocycles. The number of rotatable bonds is 2. The fourth-order valence-corrected chi connectivity index (χ4v) is 3.17. The van der Waals surface area contributed by atoms with Gasteiger partial charge in [0.05, 0.1) is 0 Å². The maximum absolute atomic E-state index is 12.3. The van der Waals surface area contributed by atoms with Crippen molar-refractivity contribution in [2.45, 2.75) is 32.1 Å². The van der Waals surface area contributed by atoms with Gasteiger partial charge in [0.25, 0.3) is 5.91 Å². The number of hydrogen-bond donors (Lipinski definition) is 3. The molecule has 3 aromatic rings. The van der Waals surface area contributed by atoms with Crippen molar-refractivity contribution in [3.05, 3.63) is 41.3 Å². The lowest BCUT2D eigenvalue weighted by Crippen LogP contribution is -2.12. The van der Waals surface area contributed by atoms with Crippen LogP contribution < -0.4 is 5.32 Å². The molecule has 2 aromatic heterocycles. The smallest absolute Gasteiger partial charge is 0.258 e. The quantitative estimate of drug-likeness (QED) is 0.635. The van der Waals surface area contributed by atoms with E-state index in [1.165, 1.54) is 42.2 Å². The lowest BCUT2D eigenvalue weighted by molar-refractivity contribution is 0.102. The minimum Gasteiger partial charge on any atom is -0.358 e. The molecule has 0 radical (unpaired) electrons. The third-order valence-corrected chi connectivity index (χ3v) is 4.26. The molecule has 0 fully saturated rings. The molecule has 0 atom stereocenters. The third-order valence-electron chi connectivity index (χ3n) is 4.26. The summed E-state index contributed by atoms with van der Waals surface area (Å²) in [5.41, 5.74) is 4.46. The highest BCUT2D eigenvalue weighted by Crippen LogP contribution is 2.29. The van der Waals surface area contributed by atoms with Gasteiger partial charge in [-0.2, -0.15) is 10.1 Å². The number of fused-ring (bicyclic) bond motifs is 3. The monoisotopic (exact) mass is 295 g/mol. The molecule has 6 nitrogen and oxygen atoms in total. The predicted octanol–water partition coefficient (Wildman–Crippen LogP) is 2.81. The number of nitrogens with one attached hydrogen (secondary N) is 3. The molecule has 0 saturated carbocycles. The largest absolute Gasteiger partial charge is 0.358 e. The number of aromatic amines is 2. The van der Waals surface area contributed by atoms with Crippen LogP contribution in [-0.4, -0.2) is 26.1 Å². The van der Waals surface area contributed by atoms with E-state index in [9.17, 15) is 4.79 Å². The Labute approximate surface area is 127 Å². The van der Waals surface area contributed by atoms with Gasteiger partial charge in [-0.05, 0) is 49.4 Å². The molecule has 0 saturated heterocycles. The molecule has 6 heteroatoms. The first-order valence-electron chi connectivity index (χ1n) is 7.61. The van der Waals surface area contributed by atoms with Crippen LogP contribution in [0.4, 0.5) is 5.95 Å². The second-order valence-electron chi connectivity index (χ2n) is 5.69. The highest BCUT2D eigenvalue weighted by molar-refractivity contribution is 6.05. The molecule has 1 amide bonds. The Hall–Kier alpha value is -2.63. The van der Waals surface area contributed by atoms with Crippen LogP contribution in [0.2, 0.25) is 0 Å². The molecule has 0 bridgehead atoms. The summed E-state index contributed by atoms with van der Waals surface area (Å²) in [6.07, 6.45) is 7.28. The zero-order chi connectivity index (χ0) is 14.9. The van der Waals surface area contributed by atoms with Crippen molar-refractivity contribution < 1.29 is 4.79 Å². The molecule has 2 heterocycles. The molecule has 0 aliphatic heterocycles. The molecule has 1 aliphatic rings. The Morgan fingerprint density at radius 1 is 1.18 bits per heavy atom. The number of H-pyrrole nitrogens is 2. The van der Waals surface area contributed by atoms with E-state index in [0.717, 1.165) is 18.4 Å². The van der Waals surface area contributed by atoms with E-state index in [2.05, 4.69) is 25.5 Å². The standard InChI is InChI=1S/C16H17N5O/c22-15(20-16-17-9-18-21-16)10-6-7-14-12(8-10)11-4-2-1-3-5-13(11)19-14/h6-9,19H,1-5H2,(H2,17,18,20,21,22). The van der Waals surface area contributed by atoms with Crippen molar-refractivity contribution in [1.82, 2.24) is 20.2 Å². The SMILES string of the molecule is O=C(Nc1ncn[nH]1)c1ccc2[nH]c3c(c2c1)CCCCC3. The number of aryl methyl sites for hydroxylation is 2. The first kappa shape index (κ1) is 13.1. The molecular weight excluding hydrogens is 278 g/mol. The van der Waals surface area contributed by atoms with Crippen molar-refractivity contribution in [3.63, 3.8) is 0 Å². The second-order valence-corrected chi connectivity index (χ2v) is 5.69. The number of anilines is 1. The van der Waals surface area contributed by atoms with Crippen LogP contribution >= 0.6 is 0 Å². The van der Waals surface area contributed by atoms with E-state index in [1.807, 2.05) is 18.2 Å². The highest BCUT2D eigenvalue weighted by Gasteiger charge is 2.16. The van der Waals surface area contributed by atoms with Gasteiger partial charge in [0.2, 0.25) is 5.95 Å². The van der Waals surface area contributed by atoms with E-state index in [4.69, 9.17) is 0 Å². The summed E-state index contributed by atoms with van der Waals surface area (Å²) in [5.74, 6) is 0.181. The molecular formula is C16H17N5O. The van der Waals surface area contributed by atoms with Crippen molar-refractivity contribution in [2.75, 3.05) is 5.32 Å². The van der Waals surface area contributed by atoms with Crippen molar-refractivity contribution >= 4 is 22.8 Å². The molecule has 112 valence electrons. The van der Waals surface area contributed by atoms with E-state index < -0.39 is 0 Å². The van der Waals surface area contributed by atoms with Crippen LogP contribution in [0.5, 0.6) is 0 Å². The van der Waals surface area contributed by atoms with Gasteiger partial charge in [0.1, 0.15) is 6.33 Å². The third kappa shape index (κ3) is 2.26. The summed E-state index contributed by atoms with van der Waals surface area (Å²) >= 11 is 0. The zero-order valence-corrected chi connectivity index (χ0v) is 12.1. The van der Waals surface area contributed by atoms with E-state index in [0.29, 0.717) is 11.5 Å². The average Bonchev–Trinajstić information content (AvgIpc) is 3.08. The van der Waals surface area contributed by atoms with Crippen molar-refractivity contribution in [3.8, 4) is 0 Å². The number of benzene rings is 1. The lowest BCUT2D eigenvalue weighted by atomic mass is 10.0. The Balaban J connectivity index is 1.70. The van der Waals surface area contributed by atoms with E-state index in [1.54, 1.807) is 0 Å². The molecule has 3 N–H and O–H groups in total. The van der Waals surface area contributed by atoms with Crippen LogP contribution in [0.1, 0.15) is 40.9 Å². The van der Waals surface area contributed by atoms with Gasteiger partial charge in [-0.15, -0.1) is 0 Å². The normalized spacial score (nSPS) is 14.5. The molecule has 22 heavy (non-hydrogen) atoms. The summed E-state index contributed by atoms with van der Waals surface area (Å²) in [5, 5.41) is 10.2. The van der Waals surface area contributed by atoms with Crippen LogP contribution in [0.25, 0.3) is 10.9 Å². The molecule has 1 aliphatic carbocycles. The minimum atomic E-state index is -0.178. The second kappa shape index (κ2) is 5.29. The summed E-state index contributed by atoms with van der Waals surface area (Å²) in [4.78, 5) is 19.7.